The molecule has 0 amide bonds. The van der Waals surface area contributed by atoms with Crippen molar-refractivity contribution in [2.45, 2.75) is 44.3 Å². The fourth-order valence-electron chi connectivity index (χ4n) is 2.94. The van der Waals surface area contributed by atoms with Crippen LogP contribution in [-0.2, 0) is 25.5 Å². The minimum Gasteiger partial charge on any atom is -0.462 e. The highest BCUT2D eigenvalue weighted by Gasteiger charge is 2.33. The zero-order chi connectivity index (χ0) is 20.7. The summed E-state index contributed by atoms with van der Waals surface area (Å²) in [5.41, 5.74) is 0.457. The summed E-state index contributed by atoms with van der Waals surface area (Å²) in [5, 5.41) is 10.2. The highest BCUT2D eigenvalue weighted by Crippen LogP contribution is 2.28. The van der Waals surface area contributed by atoms with Gasteiger partial charge >= 0.3 is 18.3 Å². The lowest BCUT2D eigenvalue weighted by Crippen LogP contribution is -2.38. The predicted octanol–water partition coefficient (Wildman–Crippen LogP) is 2.93. The average Bonchev–Trinajstić information content (AvgIpc) is 2.62. The lowest BCUT2D eigenvalue weighted by atomic mass is 9.86. The molecule has 28 heavy (non-hydrogen) atoms. The molecule has 0 saturated heterocycles. The minimum atomic E-state index is -4.78. The Morgan fingerprint density at radius 3 is 2.46 bits per heavy atom. The molecule has 0 bridgehead atoms. The third kappa shape index (κ3) is 7.22. The van der Waals surface area contributed by atoms with Gasteiger partial charge in [0.2, 0.25) is 0 Å². The first-order valence-corrected chi connectivity index (χ1v) is 8.67. The van der Waals surface area contributed by atoms with Crippen molar-refractivity contribution in [3.8, 4) is 5.75 Å². The second kappa shape index (κ2) is 9.59. The summed E-state index contributed by atoms with van der Waals surface area (Å²) in [6, 6.07) is 4.90. The number of hydrogen-bond donors (Lipinski definition) is 1. The van der Waals surface area contributed by atoms with E-state index in [9.17, 15) is 27.9 Å². The predicted molar refractivity (Wildman–Crippen MR) is 91.2 cm³/mol. The van der Waals surface area contributed by atoms with Gasteiger partial charge in [-0.25, -0.2) is 4.79 Å². The molecule has 1 aliphatic rings. The molecule has 0 radical (unpaired) electrons. The van der Waals surface area contributed by atoms with Gasteiger partial charge in [-0.2, -0.15) is 0 Å². The molecule has 3 unspecified atom stereocenters. The molecule has 1 aromatic carbocycles. The van der Waals surface area contributed by atoms with E-state index in [1.54, 1.807) is 0 Å². The Hall–Kier alpha value is -2.55. The molecule has 6 nitrogen and oxygen atoms in total. The fraction of sp³-hybridized carbons (Fsp3) is 0.474. The third-order valence-electron chi connectivity index (χ3n) is 4.28. The van der Waals surface area contributed by atoms with Gasteiger partial charge in [0, 0.05) is 6.08 Å². The van der Waals surface area contributed by atoms with Crippen molar-refractivity contribution in [3.05, 3.63) is 42.5 Å². The van der Waals surface area contributed by atoms with Gasteiger partial charge in [-0.1, -0.05) is 18.7 Å². The Morgan fingerprint density at radius 2 is 1.89 bits per heavy atom. The lowest BCUT2D eigenvalue weighted by Gasteiger charge is -2.32. The van der Waals surface area contributed by atoms with E-state index in [-0.39, 0.29) is 24.7 Å². The number of esters is 2. The summed E-state index contributed by atoms with van der Waals surface area (Å²) in [7, 11) is 0. The molecule has 2 rings (SSSR count). The van der Waals surface area contributed by atoms with Crippen LogP contribution < -0.4 is 4.74 Å². The molecule has 0 heterocycles. The van der Waals surface area contributed by atoms with E-state index in [4.69, 9.17) is 9.47 Å². The van der Waals surface area contributed by atoms with Crippen molar-refractivity contribution < 1.29 is 42.1 Å². The summed E-state index contributed by atoms with van der Waals surface area (Å²) < 4.78 is 50.4. The van der Waals surface area contributed by atoms with Crippen molar-refractivity contribution >= 4 is 11.9 Å². The molecule has 0 spiro atoms. The second-order valence-corrected chi connectivity index (χ2v) is 6.48. The maximum absolute atomic E-state index is 12.1. The summed E-state index contributed by atoms with van der Waals surface area (Å²) >= 11 is 0. The van der Waals surface area contributed by atoms with Crippen LogP contribution in [0.5, 0.6) is 5.75 Å². The zero-order valence-corrected chi connectivity index (χ0v) is 15.0. The molecule has 1 fully saturated rings. The average molecular weight is 402 g/mol. The standard InChI is InChI=1S/C19H21F3O6/c1-2-17(24)26-11-13-5-8-16(15(23)9-13)27-18(25)10-12-3-6-14(7-4-12)28-19(20,21)22/h2-4,6-7,13,15-16,23H,1,5,8-11H2. The molecular formula is C19H21F3O6. The minimum absolute atomic E-state index is 0.0324. The number of ether oxygens (including phenoxy) is 3. The molecule has 1 saturated carbocycles. The number of carbonyl (C=O) groups excluding carboxylic acids is 2. The molecular weight excluding hydrogens is 381 g/mol. The Bertz CT molecular complexity index is 686. The van der Waals surface area contributed by atoms with Crippen molar-refractivity contribution in [1.29, 1.82) is 0 Å². The van der Waals surface area contributed by atoms with Gasteiger partial charge in [0.25, 0.3) is 0 Å². The summed E-state index contributed by atoms with van der Waals surface area (Å²) in [4.78, 5) is 23.1. The van der Waals surface area contributed by atoms with Crippen LogP contribution in [0.15, 0.2) is 36.9 Å². The number of hydrogen-bond acceptors (Lipinski definition) is 6. The van der Waals surface area contributed by atoms with Crippen LogP contribution in [-0.4, -0.2) is 42.2 Å². The molecule has 9 heteroatoms. The monoisotopic (exact) mass is 402 g/mol. The van der Waals surface area contributed by atoms with E-state index in [0.29, 0.717) is 24.8 Å². The van der Waals surface area contributed by atoms with Crippen LogP contribution >= 0.6 is 0 Å². The third-order valence-corrected chi connectivity index (χ3v) is 4.28. The van der Waals surface area contributed by atoms with Crippen molar-refractivity contribution in [2.75, 3.05) is 6.61 Å². The Labute approximate surface area is 159 Å². The van der Waals surface area contributed by atoms with E-state index in [2.05, 4.69) is 11.3 Å². The molecule has 1 aliphatic carbocycles. The van der Waals surface area contributed by atoms with Gasteiger partial charge < -0.3 is 19.3 Å². The second-order valence-electron chi connectivity index (χ2n) is 6.48. The molecule has 0 aromatic heterocycles. The first-order valence-electron chi connectivity index (χ1n) is 8.67. The Morgan fingerprint density at radius 1 is 1.21 bits per heavy atom. The van der Waals surface area contributed by atoms with E-state index < -0.39 is 30.5 Å². The van der Waals surface area contributed by atoms with Crippen molar-refractivity contribution in [1.82, 2.24) is 0 Å². The largest absolute Gasteiger partial charge is 0.573 e. The first kappa shape index (κ1) is 21.7. The fourth-order valence-corrected chi connectivity index (χ4v) is 2.94. The Kier molecular flexibility index (Phi) is 7.45. The van der Waals surface area contributed by atoms with E-state index in [0.717, 1.165) is 18.2 Å². The highest BCUT2D eigenvalue weighted by molar-refractivity contribution is 5.81. The molecule has 1 N–H and O–H groups in total. The number of aliphatic hydroxyl groups is 1. The van der Waals surface area contributed by atoms with Crippen LogP contribution in [0.4, 0.5) is 13.2 Å². The number of aliphatic hydroxyl groups excluding tert-OH is 1. The molecule has 0 aliphatic heterocycles. The normalized spacial score (nSPS) is 22.2. The maximum atomic E-state index is 12.1. The van der Waals surface area contributed by atoms with Gasteiger partial charge in [0.05, 0.1) is 19.1 Å². The van der Waals surface area contributed by atoms with Crippen LogP contribution in [0.2, 0.25) is 0 Å². The maximum Gasteiger partial charge on any atom is 0.573 e. The van der Waals surface area contributed by atoms with Crippen molar-refractivity contribution in [3.63, 3.8) is 0 Å². The smallest absolute Gasteiger partial charge is 0.462 e. The number of alkyl halides is 3. The summed E-state index contributed by atoms with van der Waals surface area (Å²) in [5.74, 6) is -1.54. The van der Waals surface area contributed by atoms with Crippen molar-refractivity contribution in [2.24, 2.45) is 5.92 Å². The van der Waals surface area contributed by atoms with Gasteiger partial charge in [0.15, 0.2) is 0 Å². The Balaban J connectivity index is 1.78. The summed E-state index contributed by atoms with van der Waals surface area (Å²) in [6.45, 7) is 3.46. The SMILES string of the molecule is C=CC(=O)OCC1CCC(OC(=O)Cc2ccc(OC(F)(F)F)cc2)C(O)C1. The van der Waals surface area contributed by atoms with Crippen LogP contribution in [0.1, 0.15) is 24.8 Å². The van der Waals surface area contributed by atoms with E-state index >= 15 is 0 Å². The quantitative estimate of drug-likeness (QED) is 0.558. The number of carbonyl (C=O) groups is 2. The summed E-state index contributed by atoms with van der Waals surface area (Å²) in [6.07, 6.45) is -4.06. The van der Waals surface area contributed by atoms with E-state index in [1.165, 1.54) is 12.1 Å². The lowest BCUT2D eigenvalue weighted by molar-refractivity contribution is -0.274. The molecule has 1 aromatic rings. The first-order chi connectivity index (χ1) is 13.2. The topological polar surface area (TPSA) is 82.1 Å². The molecule has 3 atom stereocenters. The highest BCUT2D eigenvalue weighted by atomic mass is 19.4. The number of halogens is 3. The van der Waals surface area contributed by atoms with Crippen LogP contribution in [0, 0.1) is 5.92 Å². The van der Waals surface area contributed by atoms with Gasteiger partial charge in [-0.3, -0.25) is 4.79 Å². The van der Waals surface area contributed by atoms with Gasteiger partial charge in [0.1, 0.15) is 11.9 Å². The number of rotatable bonds is 7. The van der Waals surface area contributed by atoms with Crippen LogP contribution in [0.3, 0.4) is 0 Å². The van der Waals surface area contributed by atoms with E-state index in [1.807, 2.05) is 0 Å². The molecule has 154 valence electrons. The van der Waals surface area contributed by atoms with Gasteiger partial charge in [-0.05, 0) is 42.9 Å². The van der Waals surface area contributed by atoms with Crippen LogP contribution in [0.25, 0.3) is 0 Å². The number of benzene rings is 1. The van der Waals surface area contributed by atoms with Gasteiger partial charge in [-0.15, -0.1) is 13.2 Å². The zero-order valence-electron chi connectivity index (χ0n) is 15.0.